The minimum atomic E-state index is -0.462. The third-order valence-corrected chi connectivity index (χ3v) is 3.67. The van der Waals surface area contributed by atoms with E-state index >= 15 is 0 Å². The molecule has 1 unspecified atom stereocenters. The maximum atomic E-state index is 9.57. The van der Waals surface area contributed by atoms with Gasteiger partial charge in [0.15, 0.2) is 0 Å². The van der Waals surface area contributed by atoms with Crippen molar-refractivity contribution in [2.75, 3.05) is 0 Å². The zero-order valence-corrected chi connectivity index (χ0v) is 10.4. The molecule has 2 aromatic rings. The van der Waals surface area contributed by atoms with E-state index in [9.17, 15) is 5.11 Å². The van der Waals surface area contributed by atoms with Gasteiger partial charge in [0, 0.05) is 5.69 Å². The van der Waals surface area contributed by atoms with E-state index < -0.39 is 6.10 Å². The fourth-order valence-corrected chi connectivity index (χ4v) is 2.54. The molecular weight excluding hydrogens is 220 g/mol. The van der Waals surface area contributed by atoms with Crippen LogP contribution in [0.15, 0.2) is 18.2 Å². The second-order valence-electron chi connectivity index (χ2n) is 3.81. The summed E-state index contributed by atoms with van der Waals surface area (Å²) in [5.74, 6) is 0. The van der Waals surface area contributed by atoms with Gasteiger partial charge in [-0.1, -0.05) is 6.07 Å². The van der Waals surface area contributed by atoms with E-state index in [0.29, 0.717) is 0 Å². The molecule has 0 radical (unpaired) electrons. The molecule has 0 aliphatic carbocycles. The second-order valence-corrected chi connectivity index (χ2v) is 4.84. The molecular formula is C12H14N2OS. The Morgan fingerprint density at radius 3 is 2.56 bits per heavy atom. The van der Waals surface area contributed by atoms with E-state index in [1.54, 1.807) is 6.92 Å². The molecule has 0 aliphatic rings. The Bertz CT molecular complexity index is 505. The van der Waals surface area contributed by atoms with Crippen LogP contribution >= 0.6 is 11.3 Å². The average Bonchev–Trinajstić information content (AvgIpc) is 2.60. The van der Waals surface area contributed by atoms with Crippen LogP contribution in [0.1, 0.15) is 29.3 Å². The molecule has 2 heterocycles. The number of nitrogens with zero attached hydrogens (tertiary/aromatic N) is 2. The van der Waals surface area contributed by atoms with Gasteiger partial charge in [0.05, 0.1) is 22.4 Å². The van der Waals surface area contributed by atoms with E-state index in [4.69, 9.17) is 0 Å². The highest BCUT2D eigenvalue weighted by molar-refractivity contribution is 7.15. The molecule has 84 valence electrons. The fraction of sp³-hybridized carbons (Fsp3) is 0.333. The third-order valence-electron chi connectivity index (χ3n) is 2.32. The SMILES string of the molecule is Cc1cccc(-c2nc(C)c(C(C)O)s2)n1. The van der Waals surface area contributed by atoms with Gasteiger partial charge in [0.25, 0.3) is 0 Å². The summed E-state index contributed by atoms with van der Waals surface area (Å²) in [6.45, 7) is 5.63. The summed E-state index contributed by atoms with van der Waals surface area (Å²) in [6.07, 6.45) is -0.462. The Kier molecular flexibility index (Phi) is 3.03. The topological polar surface area (TPSA) is 46.0 Å². The van der Waals surface area contributed by atoms with Crippen LogP contribution < -0.4 is 0 Å². The number of hydrogen-bond acceptors (Lipinski definition) is 4. The lowest BCUT2D eigenvalue weighted by Gasteiger charge is -1.98. The Balaban J connectivity index is 2.45. The highest BCUT2D eigenvalue weighted by atomic mass is 32.1. The Morgan fingerprint density at radius 1 is 1.25 bits per heavy atom. The number of thiazole rings is 1. The summed E-state index contributed by atoms with van der Waals surface area (Å²) in [5.41, 5.74) is 2.74. The van der Waals surface area contributed by atoms with E-state index in [1.165, 1.54) is 11.3 Å². The molecule has 0 saturated heterocycles. The molecule has 0 aromatic carbocycles. The van der Waals surface area contributed by atoms with Crippen LogP contribution in [0.25, 0.3) is 10.7 Å². The van der Waals surface area contributed by atoms with Crippen molar-refractivity contribution >= 4 is 11.3 Å². The zero-order valence-electron chi connectivity index (χ0n) is 9.56. The normalized spacial score (nSPS) is 12.8. The summed E-state index contributed by atoms with van der Waals surface area (Å²) in [6, 6.07) is 5.87. The number of aryl methyl sites for hydroxylation is 2. The first-order valence-electron chi connectivity index (χ1n) is 5.17. The lowest BCUT2D eigenvalue weighted by atomic mass is 10.3. The highest BCUT2D eigenvalue weighted by Crippen LogP contribution is 2.30. The second kappa shape index (κ2) is 4.31. The van der Waals surface area contributed by atoms with Crippen molar-refractivity contribution in [2.24, 2.45) is 0 Å². The molecule has 3 nitrogen and oxygen atoms in total. The molecule has 0 aliphatic heterocycles. The molecule has 0 bridgehead atoms. The van der Waals surface area contributed by atoms with Gasteiger partial charge in [-0.2, -0.15) is 0 Å². The summed E-state index contributed by atoms with van der Waals surface area (Å²) in [7, 11) is 0. The van der Waals surface area contributed by atoms with Crippen molar-refractivity contribution in [2.45, 2.75) is 26.9 Å². The van der Waals surface area contributed by atoms with Crippen LogP contribution in [-0.4, -0.2) is 15.1 Å². The van der Waals surface area contributed by atoms with Crippen molar-refractivity contribution in [1.82, 2.24) is 9.97 Å². The highest BCUT2D eigenvalue weighted by Gasteiger charge is 2.13. The van der Waals surface area contributed by atoms with Crippen molar-refractivity contribution in [3.63, 3.8) is 0 Å². The minimum absolute atomic E-state index is 0.462. The quantitative estimate of drug-likeness (QED) is 0.869. The number of rotatable bonds is 2. The van der Waals surface area contributed by atoms with Crippen molar-refractivity contribution < 1.29 is 5.11 Å². The lowest BCUT2D eigenvalue weighted by Crippen LogP contribution is -1.88. The van der Waals surface area contributed by atoms with Gasteiger partial charge in [-0.15, -0.1) is 11.3 Å². The van der Waals surface area contributed by atoms with Gasteiger partial charge in [-0.25, -0.2) is 4.98 Å². The third kappa shape index (κ3) is 2.13. The monoisotopic (exact) mass is 234 g/mol. The summed E-state index contributed by atoms with van der Waals surface area (Å²) < 4.78 is 0. The van der Waals surface area contributed by atoms with Gasteiger partial charge in [-0.3, -0.25) is 4.98 Å². The summed E-state index contributed by atoms with van der Waals surface area (Å²) in [4.78, 5) is 9.78. The van der Waals surface area contributed by atoms with E-state index in [1.807, 2.05) is 32.0 Å². The predicted octanol–water partition coefficient (Wildman–Crippen LogP) is 2.88. The molecule has 0 spiro atoms. The molecule has 2 rings (SSSR count). The summed E-state index contributed by atoms with van der Waals surface area (Å²) in [5, 5.41) is 10.4. The first kappa shape index (κ1) is 11.2. The average molecular weight is 234 g/mol. The standard InChI is InChI=1S/C12H14N2OS/c1-7-5-4-6-10(13-7)12-14-8(2)11(16-12)9(3)15/h4-6,9,15H,1-3H3. The first-order valence-corrected chi connectivity index (χ1v) is 5.99. The van der Waals surface area contributed by atoms with Crippen LogP contribution in [0.2, 0.25) is 0 Å². The van der Waals surface area contributed by atoms with Crippen molar-refractivity contribution in [1.29, 1.82) is 0 Å². The molecule has 0 saturated carbocycles. The van der Waals surface area contributed by atoms with Gasteiger partial charge in [0.2, 0.25) is 0 Å². The van der Waals surface area contributed by atoms with Gasteiger partial charge in [0.1, 0.15) is 5.01 Å². The van der Waals surface area contributed by atoms with Crippen molar-refractivity contribution in [3.05, 3.63) is 34.5 Å². The lowest BCUT2D eigenvalue weighted by molar-refractivity contribution is 0.202. The Labute approximate surface area is 98.8 Å². The Hall–Kier alpha value is -1.26. The van der Waals surface area contributed by atoms with Crippen molar-refractivity contribution in [3.8, 4) is 10.7 Å². The molecule has 0 fully saturated rings. The van der Waals surface area contributed by atoms with Crippen LogP contribution in [0, 0.1) is 13.8 Å². The van der Waals surface area contributed by atoms with E-state index in [-0.39, 0.29) is 0 Å². The fourth-order valence-electron chi connectivity index (χ4n) is 1.57. The number of hydrogen-bond donors (Lipinski definition) is 1. The predicted molar refractivity (Wildman–Crippen MR) is 65.5 cm³/mol. The zero-order chi connectivity index (χ0) is 11.7. The minimum Gasteiger partial charge on any atom is -0.388 e. The molecule has 16 heavy (non-hydrogen) atoms. The number of pyridine rings is 1. The number of aliphatic hydroxyl groups excluding tert-OH is 1. The first-order chi connectivity index (χ1) is 7.58. The van der Waals surface area contributed by atoms with Crippen LogP contribution in [-0.2, 0) is 0 Å². The molecule has 1 atom stereocenters. The van der Waals surface area contributed by atoms with Gasteiger partial charge in [-0.05, 0) is 32.9 Å². The Morgan fingerprint density at radius 2 is 2.00 bits per heavy atom. The van der Waals surface area contributed by atoms with Crippen LogP contribution in [0.4, 0.5) is 0 Å². The smallest absolute Gasteiger partial charge is 0.142 e. The maximum absolute atomic E-state index is 9.57. The van der Waals surface area contributed by atoms with Gasteiger partial charge < -0.3 is 5.11 Å². The van der Waals surface area contributed by atoms with Crippen LogP contribution in [0.3, 0.4) is 0 Å². The largest absolute Gasteiger partial charge is 0.388 e. The molecule has 1 N–H and O–H groups in total. The molecule has 2 aromatic heterocycles. The number of aromatic nitrogens is 2. The van der Waals surface area contributed by atoms with Crippen LogP contribution in [0.5, 0.6) is 0 Å². The summed E-state index contributed by atoms with van der Waals surface area (Å²) >= 11 is 1.51. The molecule has 0 amide bonds. The van der Waals surface area contributed by atoms with E-state index in [0.717, 1.165) is 27.0 Å². The molecule has 4 heteroatoms. The van der Waals surface area contributed by atoms with E-state index in [2.05, 4.69) is 9.97 Å². The maximum Gasteiger partial charge on any atom is 0.142 e. The number of aliphatic hydroxyl groups is 1. The van der Waals surface area contributed by atoms with Gasteiger partial charge >= 0.3 is 0 Å².